The summed E-state index contributed by atoms with van der Waals surface area (Å²) >= 11 is 0. The molecule has 7 rings (SSSR count). The standard InChI is InChI=1S/C23H23N7O2/c1-32-20-4-15(11-29-22(20)16(6-24)10-27-29)14-2-3-21(26-9-14)28-12-18-5-19(13-28)30(18)23(31)17-7-25-8-17/h2-4,9-11,17-19,25H,5,7-8,12-13H2,1H3. The predicted molar refractivity (Wildman–Crippen MR) is 117 cm³/mol. The van der Waals surface area contributed by atoms with Crippen molar-refractivity contribution in [1.29, 1.82) is 5.26 Å². The van der Waals surface area contributed by atoms with Gasteiger partial charge in [0.1, 0.15) is 28.7 Å². The normalized spacial score (nSPS) is 22.2. The molecular formula is C23H23N7O2. The molecule has 7 heterocycles. The first-order chi connectivity index (χ1) is 15.7. The van der Waals surface area contributed by atoms with Crippen LogP contribution in [0.4, 0.5) is 5.82 Å². The second-order valence-electron chi connectivity index (χ2n) is 8.71. The summed E-state index contributed by atoms with van der Waals surface area (Å²) in [6, 6.07) is 8.72. The molecule has 32 heavy (non-hydrogen) atoms. The zero-order chi connectivity index (χ0) is 21.8. The van der Waals surface area contributed by atoms with Crippen molar-refractivity contribution in [2.75, 3.05) is 38.2 Å². The highest BCUT2D eigenvalue weighted by atomic mass is 16.5. The van der Waals surface area contributed by atoms with E-state index in [0.717, 1.165) is 49.5 Å². The Labute approximate surface area is 185 Å². The molecule has 9 heteroatoms. The van der Waals surface area contributed by atoms with Crippen LogP contribution in [0.2, 0.25) is 0 Å². The maximum absolute atomic E-state index is 12.6. The van der Waals surface area contributed by atoms with E-state index >= 15 is 0 Å². The predicted octanol–water partition coefficient (Wildman–Crippen LogP) is 1.29. The number of hydrogen-bond acceptors (Lipinski definition) is 7. The molecule has 4 aliphatic heterocycles. The van der Waals surface area contributed by atoms with E-state index in [9.17, 15) is 10.1 Å². The van der Waals surface area contributed by atoms with Crippen LogP contribution in [0.5, 0.6) is 5.75 Å². The van der Waals surface area contributed by atoms with Crippen molar-refractivity contribution < 1.29 is 9.53 Å². The van der Waals surface area contributed by atoms with Gasteiger partial charge in [0.15, 0.2) is 0 Å². The number of anilines is 1. The molecule has 1 N–H and O–H groups in total. The highest BCUT2D eigenvalue weighted by Gasteiger charge is 2.49. The van der Waals surface area contributed by atoms with Gasteiger partial charge in [0, 0.05) is 49.7 Å². The third kappa shape index (κ3) is 2.83. The van der Waals surface area contributed by atoms with Crippen molar-refractivity contribution >= 4 is 17.2 Å². The van der Waals surface area contributed by atoms with Crippen molar-refractivity contribution in [1.82, 2.24) is 24.8 Å². The molecule has 0 aromatic carbocycles. The topological polar surface area (TPSA) is 98.8 Å². The monoisotopic (exact) mass is 429 g/mol. The van der Waals surface area contributed by atoms with Crippen LogP contribution in [0.25, 0.3) is 16.6 Å². The van der Waals surface area contributed by atoms with E-state index in [1.807, 2.05) is 30.6 Å². The number of carbonyl (C=O) groups excluding carboxylic acids is 1. The van der Waals surface area contributed by atoms with Gasteiger partial charge in [0.2, 0.25) is 5.91 Å². The molecule has 162 valence electrons. The van der Waals surface area contributed by atoms with Gasteiger partial charge in [0.05, 0.1) is 31.3 Å². The second kappa shape index (κ2) is 7.21. The molecule has 3 aromatic heterocycles. The van der Waals surface area contributed by atoms with Crippen molar-refractivity contribution in [2.24, 2.45) is 5.92 Å². The summed E-state index contributed by atoms with van der Waals surface area (Å²) in [5, 5.41) is 16.8. The van der Waals surface area contributed by atoms with Crippen LogP contribution in [0, 0.1) is 17.2 Å². The third-order valence-corrected chi connectivity index (χ3v) is 6.90. The number of nitrogens with zero attached hydrogens (tertiary/aromatic N) is 6. The zero-order valence-corrected chi connectivity index (χ0v) is 17.7. The van der Waals surface area contributed by atoms with E-state index < -0.39 is 0 Å². The Kier molecular flexibility index (Phi) is 4.30. The second-order valence-corrected chi connectivity index (χ2v) is 8.71. The van der Waals surface area contributed by atoms with E-state index in [1.54, 1.807) is 17.8 Å². The molecule has 0 saturated carbocycles. The number of methoxy groups -OCH3 is 1. The number of carbonyl (C=O) groups is 1. The fourth-order valence-corrected chi connectivity index (χ4v) is 5.05. The summed E-state index contributed by atoms with van der Waals surface area (Å²) in [7, 11) is 1.59. The average molecular weight is 429 g/mol. The molecule has 4 saturated heterocycles. The Morgan fingerprint density at radius 3 is 2.66 bits per heavy atom. The number of amides is 1. The quantitative estimate of drug-likeness (QED) is 0.667. The Morgan fingerprint density at radius 1 is 1.22 bits per heavy atom. The molecule has 4 aliphatic rings. The van der Waals surface area contributed by atoms with Gasteiger partial charge in [-0.2, -0.15) is 10.4 Å². The van der Waals surface area contributed by atoms with Crippen molar-refractivity contribution in [2.45, 2.75) is 18.5 Å². The first-order valence-corrected chi connectivity index (χ1v) is 10.9. The van der Waals surface area contributed by atoms with E-state index in [0.29, 0.717) is 34.8 Å². The van der Waals surface area contributed by atoms with E-state index in [2.05, 4.69) is 26.3 Å². The first-order valence-electron chi connectivity index (χ1n) is 10.9. The Morgan fingerprint density at radius 2 is 2.03 bits per heavy atom. The molecule has 0 spiro atoms. The van der Waals surface area contributed by atoms with Gasteiger partial charge in [0.25, 0.3) is 0 Å². The van der Waals surface area contributed by atoms with Crippen LogP contribution >= 0.6 is 0 Å². The lowest BCUT2D eigenvalue weighted by molar-refractivity contribution is -0.152. The van der Waals surface area contributed by atoms with Gasteiger partial charge in [-0.1, -0.05) is 0 Å². The number of fused-ring (bicyclic) bond motifs is 3. The molecule has 0 aliphatic carbocycles. The van der Waals surface area contributed by atoms with E-state index in [1.165, 1.54) is 0 Å². The fraction of sp³-hybridized carbons (Fsp3) is 0.391. The van der Waals surface area contributed by atoms with Crippen LogP contribution in [0.3, 0.4) is 0 Å². The Bertz CT molecular complexity index is 1230. The number of nitrogens with one attached hydrogen (secondary N) is 1. The van der Waals surface area contributed by atoms with E-state index in [-0.39, 0.29) is 5.92 Å². The van der Waals surface area contributed by atoms with Gasteiger partial charge in [-0.25, -0.2) is 9.50 Å². The number of nitriles is 1. The highest BCUT2D eigenvalue weighted by Crippen LogP contribution is 2.36. The number of pyridine rings is 2. The number of piperazine rings is 1. The number of hydrogen-bond donors (Lipinski definition) is 1. The lowest BCUT2D eigenvalue weighted by Crippen LogP contribution is -2.72. The highest BCUT2D eigenvalue weighted by molar-refractivity contribution is 5.82. The van der Waals surface area contributed by atoms with Gasteiger partial charge in [-0.3, -0.25) is 4.79 Å². The van der Waals surface area contributed by atoms with Crippen LogP contribution in [-0.2, 0) is 4.79 Å². The molecule has 2 bridgehead atoms. The van der Waals surface area contributed by atoms with Gasteiger partial charge in [-0.15, -0.1) is 0 Å². The summed E-state index contributed by atoms with van der Waals surface area (Å²) in [4.78, 5) is 21.7. The van der Waals surface area contributed by atoms with Crippen molar-refractivity contribution in [3.8, 4) is 22.9 Å². The summed E-state index contributed by atoms with van der Waals surface area (Å²) in [5.74, 6) is 2.01. The Balaban J connectivity index is 1.21. The van der Waals surface area contributed by atoms with E-state index in [4.69, 9.17) is 9.72 Å². The minimum Gasteiger partial charge on any atom is -0.494 e. The number of aromatic nitrogens is 3. The van der Waals surface area contributed by atoms with Crippen molar-refractivity contribution in [3.05, 3.63) is 42.4 Å². The molecule has 2 atom stereocenters. The largest absolute Gasteiger partial charge is 0.494 e. The van der Waals surface area contributed by atoms with Gasteiger partial charge >= 0.3 is 0 Å². The molecule has 4 fully saturated rings. The lowest BCUT2D eigenvalue weighted by atomic mass is 9.85. The minimum absolute atomic E-state index is 0.164. The summed E-state index contributed by atoms with van der Waals surface area (Å²) < 4.78 is 7.18. The first kappa shape index (κ1) is 19.1. The van der Waals surface area contributed by atoms with Crippen LogP contribution in [0.15, 0.2) is 36.8 Å². The van der Waals surface area contributed by atoms with Crippen molar-refractivity contribution in [3.63, 3.8) is 0 Å². The average Bonchev–Trinajstić information content (AvgIpc) is 3.20. The van der Waals surface area contributed by atoms with Gasteiger partial charge in [-0.05, 0) is 24.6 Å². The Hall–Kier alpha value is -3.64. The molecular weight excluding hydrogens is 406 g/mol. The molecule has 0 radical (unpaired) electrons. The SMILES string of the molecule is COc1cc(-c2ccc(N3CC4CC(C3)N4C(=O)C3CNC3)nc2)cn2ncc(C#N)c12. The molecule has 2 unspecified atom stereocenters. The number of piperidine rings is 1. The maximum atomic E-state index is 12.6. The maximum Gasteiger partial charge on any atom is 0.228 e. The van der Waals surface area contributed by atoms with Crippen LogP contribution in [0.1, 0.15) is 12.0 Å². The third-order valence-electron chi connectivity index (χ3n) is 6.90. The number of ether oxygens (including phenoxy) is 1. The number of rotatable bonds is 4. The molecule has 3 aromatic rings. The van der Waals surface area contributed by atoms with Crippen LogP contribution < -0.4 is 15.0 Å². The summed E-state index contributed by atoms with van der Waals surface area (Å²) in [6.45, 7) is 3.29. The molecule has 1 amide bonds. The summed E-state index contributed by atoms with van der Waals surface area (Å²) in [6.07, 6.45) is 6.37. The minimum atomic E-state index is 0.164. The lowest BCUT2D eigenvalue weighted by Gasteiger charge is -2.57. The smallest absolute Gasteiger partial charge is 0.228 e. The zero-order valence-electron chi connectivity index (χ0n) is 17.7. The van der Waals surface area contributed by atoms with Crippen LogP contribution in [-0.4, -0.2) is 70.8 Å². The molecule has 9 nitrogen and oxygen atoms in total. The summed E-state index contributed by atoms with van der Waals surface area (Å²) in [5.41, 5.74) is 2.99. The fourth-order valence-electron chi connectivity index (χ4n) is 5.05. The van der Waals surface area contributed by atoms with Gasteiger partial charge < -0.3 is 19.9 Å².